The average molecular weight is 547 g/mol. The van der Waals surface area contributed by atoms with Crippen LogP contribution >= 0.6 is 35.7 Å². The molecule has 0 saturated carbocycles. The van der Waals surface area contributed by atoms with Crippen molar-refractivity contribution in [3.63, 3.8) is 0 Å². The number of methoxy groups -OCH3 is 1. The molecule has 1 unspecified atom stereocenters. The van der Waals surface area contributed by atoms with Crippen LogP contribution in [0.3, 0.4) is 0 Å². The number of aromatic nitrogens is 1. The van der Waals surface area contributed by atoms with Gasteiger partial charge in [0.1, 0.15) is 11.5 Å². The highest BCUT2D eigenvalue weighted by Gasteiger charge is 2.13. The summed E-state index contributed by atoms with van der Waals surface area (Å²) in [5, 5.41) is 11.0. The molecule has 1 aromatic heterocycles. The van der Waals surface area contributed by atoms with Crippen molar-refractivity contribution in [2.24, 2.45) is 10.9 Å². The van der Waals surface area contributed by atoms with Gasteiger partial charge in [-0.3, -0.25) is 0 Å². The standard InChI is InChI=1S/C22H34N4O2S.HI/c1-6-18-17(19(7-2)28-26-18)14-25-22(23-8-3)24-13-16(4)15-29-21-12-10-9-11-20(21)27-5;/h9-12,16H,6-8,13-15H2,1-5H3,(H2,23,24,25);1H. The van der Waals surface area contributed by atoms with Crippen LogP contribution in [-0.4, -0.2) is 37.1 Å². The lowest BCUT2D eigenvalue weighted by Gasteiger charge is -2.16. The Morgan fingerprint density at radius 1 is 1.20 bits per heavy atom. The lowest BCUT2D eigenvalue weighted by atomic mass is 10.1. The molecule has 0 amide bonds. The molecular weight excluding hydrogens is 511 g/mol. The summed E-state index contributed by atoms with van der Waals surface area (Å²) in [5.41, 5.74) is 2.12. The lowest BCUT2D eigenvalue weighted by Crippen LogP contribution is -2.39. The molecule has 30 heavy (non-hydrogen) atoms. The zero-order chi connectivity index (χ0) is 21.1. The number of nitrogens with one attached hydrogen (secondary N) is 2. The second-order valence-corrected chi connectivity index (χ2v) is 7.94. The molecule has 2 N–H and O–H groups in total. The molecule has 0 aliphatic heterocycles. The van der Waals surface area contributed by atoms with Crippen LogP contribution in [0.2, 0.25) is 0 Å². The molecule has 0 fully saturated rings. The van der Waals surface area contributed by atoms with Crippen LogP contribution in [0.4, 0.5) is 0 Å². The van der Waals surface area contributed by atoms with E-state index in [1.54, 1.807) is 7.11 Å². The number of hydrogen-bond donors (Lipinski definition) is 2. The monoisotopic (exact) mass is 546 g/mol. The normalized spacial score (nSPS) is 12.2. The molecule has 0 bridgehead atoms. The van der Waals surface area contributed by atoms with Gasteiger partial charge in [-0.2, -0.15) is 0 Å². The van der Waals surface area contributed by atoms with Gasteiger partial charge in [0.25, 0.3) is 0 Å². The molecule has 0 radical (unpaired) electrons. The van der Waals surface area contributed by atoms with Gasteiger partial charge in [-0.25, -0.2) is 4.99 Å². The van der Waals surface area contributed by atoms with Crippen LogP contribution in [0.5, 0.6) is 5.75 Å². The van der Waals surface area contributed by atoms with Crippen molar-refractivity contribution in [2.75, 3.05) is 26.0 Å². The van der Waals surface area contributed by atoms with Crippen LogP contribution in [0.1, 0.15) is 44.7 Å². The van der Waals surface area contributed by atoms with Gasteiger partial charge in [0.05, 0.1) is 19.3 Å². The summed E-state index contributed by atoms with van der Waals surface area (Å²) in [4.78, 5) is 5.93. The largest absolute Gasteiger partial charge is 0.496 e. The zero-order valence-electron chi connectivity index (χ0n) is 18.7. The van der Waals surface area contributed by atoms with Gasteiger partial charge >= 0.3 is 0 Å². The highest BCUT2D eigenvalue weighted by Crippen LogP contribution is 2.29. The van der Waals surface area contributed by atoms with Crippen molar-refractivity contribution in [2.45, 2.75) is 52.0 Å². The van der Waals surface area contributed by atoms with Gasteiger partial charge < -0.3 is 19.9 Å². The number of para-hydroxylation sites is 1. The Kier molecular flexibility index (Phi) is 12.9. The van der Waals surface area contributed by atoms with E-state index in [4.69, 9.17) is 14.3 Å². The molecule has 2 aromatic rings. The number of aliphatic imine (C=N–C) groups is 1. The van der Waals surface area contributed by atoms with Crippen LogP contribution < -0.4 is 15.4 Å². The highest BCUT2D eigenvalue weighted by atomic mass is 127. The zero-order valence-corrected chi connectivity index (χ0v) is 21.8. The van der Waals surface area contributed by atoms with E-state index in [-0.39, 0.29) is 24.0 Å². The number of rotatable bonds is 11. The van der Waals surface area contributed by atoms with Crippen molar-refractivity contribution in [3.8, 4) is 5.75 Å². The van der Waals surface area contributed by atoms with E-state index < -0.39 is 0 Å². The Labute approximate surface area is 202 Å². The van der Waals surface area contributed by atoms with Crippen molar-refractivity contribution >= 4 is 41.7 Å². The van der Waals surface area contributed by atoms with Gasteiger partial charge in [0.2, 0.25) is 0 Å². The number of halogens is 1. The first-order valence-corrected chi connectivity index (χ1v) is 11.4. The third kappa shape index (κ3) is 8.02. The Bertz CT molecular complexity index is 761. The molecule has 0 aliphatic carbocycles. The molecule has 168 valence electrons. The number of ether oxygens (including phenoxy) is 1. The summed E-state index contributed by atoms with van der Waals surface area (Å²) in [6, 6.07) is 8.14. The van der Waals surface area contributed by atoms with Gasteiger partial charge in [-0.1, -0.05) is 38.1 Å². The fraction of sp³-hybridized carbons (Fsp3) is 0.545. The van der Waals surface area contributed by atoms with Crippen molar-refractivity contribution in [1.29, 1.82) is 0 Å². The van der Waals surface area contributed by atoms with E-state index in [1.165, 1.54) is 4.90 Å². The second-order valence-electron chi connectivity index (χ2n) is 6.88. The van der Waals surface area contributed by atoms with Crippen molar-refractivity contribution in [1.82, 2.24) is 15.8 Å². The molecule has 1 heterocycles. The minimum atomic E-state index is 0. The van der Waals surface area contributed by atoms with Gasteiger partial charge in [-0.15, -0.1) is 35.7 Å². The molecule has 2 rings (SSSR count). The van der Waals surface area contributed by atoms with Crippen molar-refractivity contribution in [3.05, 3.63) is 41.3 Å². The highest BCUT2D eigenvalue weighted by molar-refractivity contribution is 14.0. The smallest absolute Gasteiger partial charge is 0.191 e. The van der Waals surface area contributed by atoms with E-state index >= 15 is 0 Å². The summed E-state index contributed by atoms with van der Waals surface area (Å²) in [5.74, 6) is 4.16. The molecule has 8 heteroatoms. The third-order valence-electron chi connectivity index (χ3n) is 4.56. The molecule has 0 spiro atoms. The Balaban J connectivity index is 0.00000450. The van der Waals surface area contributed by atoms with Gasteiger partial charge in [0, 0.05) is 35.7 Å². The summed E-state index contributed by atoms with van der Waals surface area (Å²) in [7, 11) is 1.72. The molecular formula is C22H35IN4O2S. The number of hydrogen-bond acceptors (Lipinski definition) is 5. The first-order chi connectivity index (χ1) is 14.1. The quantitative estimate of drug-likeness (QED) is 0.181. The maximum Gasteiger partial charge on any atom is 0.191 e. The predicted molar refractivity (Wildman–Crippen MR) is 136 cm³/mol. The number of nitrogens with zero attached hydrogens (tertiary/aromatic N) is 2. The van der Waals surface area contributed by atoms with Crippen molar-refractivity contribution < 1.29 is 9.26 Å². The molecule has 1 atom stereocenters. The van der Waals surface area contributed by atoms with E-state index in [1.807, 2.05) is 30.0 Å². The molecule has 6 nitrogen and oxygen atoms in total. The lowest BCUT2D eigenvalue weighted by molar-refractivity contribution is 0.380. The van der Waals surface area contributed by atoms with E-state index in [9.17, 15) is 0 Å². The summed E-state index contributed by atoms with van der Waals surface area (Å²) >= 11 is 1.82. The number of thioether (sulfide) groups is 1. The van der Waals surface area contributed by atoms with Crippen LogP contribution in [0.15, 0.2) is 38.7 Å². The predicted octanol–water partition coefficient (Wildman–Crippen LogP) is 4.91. The first kappa shape index (κ1) is 26.6. The molecule has 0 aliphatic rings. The summed E-state index contributed by atoms with van der Waals surface area (Å²) in [6.07, 6.45) is 1.69. The van der Waals surface area contributed by atoms with Crippen LogP contribution in [-0.2, 0) is 19.4 Å². The van der Waals surface area contributed by atoms with E-state index in [0.29, 0.717) is 12.5 Å². The summed E-state index contributed by atoms with van der Waals surface area (Å²) < 4.78 is 10.9. The van der Waals surface area contributed by atoms with E-state index in [0.717, 1.165) is 60.4 Å². The van der Waals surface area contributed by atoms with Gasteiger partial charge in [-0.05, 0) is 31.4 Å². The van der Waals surface area contributed by atoms with Crippen LogP contribution in [0, 0.1) is 5.92 Å². The fourth-order valence-corrected chi connectivity index (χ4v) is 3.97. The average Bonchev–Trinajstić information content (AvgIpc) is 3.16. The number of guanidine groups is 1. The molecule has 1 aromatic carbocycles. The maximum atomic E-state index is 5.45. The Hall–Kier alpha value is -1.42. The third-order valence-corrected chi connectivity index (χ3v) is 5.94. The second kappa shape index (κ2) is 14.6. The fourth-order valence-electron chi connectivity index (χ4n) is 2.92. The minimum absolute atomic E-state index is 0. The van der Waals surface area contributed by atoms with Crippen LogP contribution in [0.25, 0.3) is 0 Å². The number of aryl methyl sites for hydroxylation is 2. The first-order valence-electron chi connectivity index (χ1n) is 10.4. The van der Waals surface area contributed by atoms with Gasteiger partial charge in [0.15, 0.2) is 5.96 Å². The topological polar surface area (TPSA) is 71.7 Å². The summed E-state index contributed by atoms with van der Waals surface area (Å²) in [6.45, 7) is 10.7. The maximum absolute atomic E-state index is 5.45. The number of benzene rings is 1. The Morgan fingerprint density at radius 3 is 2.63 bits per heavy atom. The minimum Gasteiger partial charge on any atom is -0.496 e. The Morgan fingerprint density at radius 2 is 1.97 bits per heavy atom. The van der Waals surface area contributed by atoms with E-state index in [2.05, 4.69) is 49.6 Å². The SMILES string of the molecule is CCNC(=NCc1c(CC)noc1CC)NCC(C)CSc1ccccc1OC.I. The molecule has 0 saturated heterocycles.